The van der Waals surface area contributed by atoms with Crippen molar-refractivity contribution in [3.05, 3.63) is 23.5 Å². The third kappa shape index (κ3) is 3.53. The van der Waals surface area contributed by atoms with Crippen LogP contribution in [0.5, 0.6) is 0 Å². The molecule has 1 aliphatic carbocycles. The number of hydrogen-bond donors (Lipinski definition) is 0. The Kier molecular flexibility index (Phi) is 5.05. The molecule has 1 fully saturated rings. The molecule has 4 heteroatoms. The molecule has 2 aromatic heterocycles. The van der Waals surface area contributed by atoms with Gasteiger partial charge in [0, 0.05) is 23.1 Å². The Bertz CT molecular complexity index is 538. The minimum absolute atomic E-state index is 0.437. The Labute approximate surface area is 140 Å². The number of rotatable bonds is 6. The molecule has 0 aromatic carbocycles. The van der Waals surface area contributed by atoms with Crippen LogP contribution in [0.25, 0.3) is 4.96 Å². The van der Waals surface area contributed by atoms with Gasteiger partial charge in [-0.1, -0.05) is 42.1 Å². The quantitative estimate of drug-likeness (QED) is 0.597. The van der Waals surface area contributed by atoms with Crippen LogP contribution in [-0.4, -0.2) is 14.7 Å². The van der Waals surface area contributed by atoms with Crippen molar-refractivity contribution in [3.8, 4) is 0 Å². The Hall–Kier alpha value is -0.350. The topological polar surface area (TPSA) is 17.3 Å². The smallest absolute Gasteiger partial charge is 0.193 e. The number of thiazole rings is 1. The lowest BCUT2D eigenvalue weighted by molar-refractivity contribution is 0.167. The van der Waals surface area contributed by atoms with Gasteiger partial charge in [-0.3, -0.25) is 4.40 Å². The van der Waals surface area contributed by atoms with Crippen molar-refractivity contribution in [1.82, 2.24) is 9.38 Å². The molecule has 2 heterocycles. The lowest BCUT2D eigenvalue weighted by Crippen LogP contribution is -2.31. The van der Waals surface area contributed by atoms with Crippen molar-refractivity contribution in [3.63, 3.8) is 0 Å². The van der Waals surface area contributed by atoms with E-state index in [0.29, 0.717) is 5.41 Å². The molecule has 2 nitrogen and oxygen atoms in total. The summed E-state index contributed by atoms with van der Waals surface area (Å²) in [6, 6.07) is 0. The maximum absolute atomic E-state index is 4.79. The normalized spacial score (nSPS) is 26.5. The number of imidazole rings is 1. The van der Waals surface area contributed by atoms with Crippen LogP contribution < -0.4 is 0 Å². The fraction of sp³-hybridized carbons (Fsp3) is 0.706. The van der Waals surface area contributed by atoms with E-state index in [9.17, 15) is 0 Å². The first-order valence-corrected chi connectivity index (χ1v) is 10.2. The molecular formula is C17H25BrN2S. The second-order valence-electron chi connectivity index (χ2n) is 6.72. The van der Waals surface area contributed by atoms with Gasteiger partial charge in [-0.25, -0.2) is 4.98 Å². The van der Waals surface area contributed by atoms with Gasteiger partial charge in [0.25, 0.3) is 0 Å². The SMILES string of the molecule is CCCCC1CCC(CBr)(Cc2cn3ccsc3n2)CC1. The molecule has 0 atom stereocenters. The van der Waals surface area contributed by atoms with Gasteiger partial charge < -0.3 is 0 Å². The fourth-order valence-corrected chi connectivity index (χ4v) is 5.15. The Morgan fingerprint density at radius 2 is 2.24 bits per heavy atom. The molecule has 2 aromatic rings. The Balaban J connectivity index is 1.63. The van der Waals surface area contributed by atoms with E-state index >= 15 is 0 Å². The Morgan fingerprint density at radius 1 is 1.43 bits per heavy atom. The van der Waals surface area contributed by atoms with Crippen LogP contribution in [0, 0.1) is 11.3 Å². The first-order chi connectivity index (χ1) is 10.2. The second kappa shape index (κ2) is 6.82. The standard InChI is InChI=1S/C17H25BrN2S/c1-2-3-4-14-5-7-17(13-18,8-6-14)11-15-12-20-9-10-21-16(20)19-15/h9-10,12,14H,2-8,11,13H2,1H3. The summed E-state index contributed by atoms with van der Waals surface area (Å²) in [5.74, 6) is 0.975. The molecule has 0 unspecified atom stereocenters. The van der Waals surface area contributed by atoms with Crippen molar-refractivity contribution in [2.45, 2.75) is 58.3 Å². The summed E-state index contributed by atoms with van der Waals surface area (Å²) < 4.78 is 2.16. The van der Waals surface area contributed by atoms with E-state index in [0.717, 1.165) is 22.6 Å². The number of aromatic nitrogens is 2. The maximum Gasteiger partial charge on any atom is 0.193 e. The van der Waals surface area contributed by atoms with Crippen LogP contribution in [0.3, 0.4) is 0 Å². The number of alkyl halides is 1. The average Bonchev–Trinajstić information content (AvgIpc) is 3.07. The predicted molar refractivity (Wildman–Crippen MR) is 94.5 cm³/mol. The van der Waals surface area contributed by atoms with Crippen LogP contribution in [0.2, 0.25) is 0 Å². The molecule has 21 heavy (non-hydrogen) atoms. The van der Waals surface area contributed by atoms with Crippen LogP contribution in [0.4, 0.5) is 0 Å². The van der Waals surface area contributed by atoms with Gasteiger partial charge in [-0.2, -0.15) is 0 Å². The van der Waals surface area contributed by atoms with Gasteiger partial charge in [0.2, 0.25) is 0 Å². The van der Waals surface area contributed by atoms with Crippen LogP contribution in [-0.2, 0) is 6.42 Å². The van der Waals surface area contributed by atoms with Crippen molar-refractivity contribution in [2.24, 2.45) is 11.3 Å². The minimum atomic E-state index is 0.437. The number of hydrogen-bond acceptors (Lipinski definition) is 2. The zero-order chi connectivity index (χ0) is 14.7. The van der Waals surface area contributed by atoms with Crippen molar-refractivity contribution >= 4 is 32.2 Å². The van der Waals surface area contributed by atoms with Crippen molar-refractivity contribution in [2.75, 3.05) is 5.33 Å². The molecule has 1 saturated carbocycles. The minimum Gasteiger partial charge on any atom is -0.297 e. The monoisotopic (exact) mass is 368 g/mol. The predicted octanol–water partition coefficient (Wildman–Crippen LogP) is 5.70. The molecule has 0 amide bonds. The van der Waals surface area contributed by atoms with Crippen molar-refractivity contribution < 1.29 is 0 Å². The highest BCUT2D eigenvalue weighted by atomic mass is 79.9. The van der Waals surface area contributed by atoms with Gasteiger partial charge in [0.05, 0.1) is 5.69 Å². The summed E-state index contributed by atoms with van der Waals surface area (Å²) in [7, 11) is 0. The van der Waals surface area contributed by atoms with Gasteiger partial charge in [-0.05, 0) is 43.4 Å². The van der Waals surface area contributed by atoms with Gasteiger partial charge in [0.15, 0.2) is 4.96 Å². The highest BCUT2D eigenvalue weighted by Crippen LogP contribution is 2.44. The molecule has 116 valence electrons. The van der Waals surface area contributed by atoms with Gasteiger partial charge >= 0.3 is 0 Å². The first-order valence-electron chi connectivity index (χ1n) is 8.22. The summed E-state index contributed by atoms with van der Waals surface area (Å²) in [5.41, 5.74) is 1.71. The van der Waals surface area contributed by atoms with Crippen LogP contribution in [0.15, 0.2) is 17.8 Å². The highest BCUT2D eigenvalue weighted by molar-refractivity contribution is 9.09. The Morgan fingerprint density at radius 3 is 2.90 bits per heavy atom. The molecular weight excluding hydrogens is 344 g/mol. The molecule has 0 bridgehead atoms. The van der Waals surface area contributed by atoms with Crippen LogP contribution in [0.1, 0.15) is 57.6 Å². The largest absolute Gasteiger partial charge is 0.297 e. The van der Waals surface area contributed by atoms with Crippen LogP contribution >= 0.6 is 27.3 Å². The summed E-state index contributed by atoms with van der Waals surface area (Å²) in [6.45, 7) is 2.30. The van der Waals surface area contributed by atoms with E-state index in [1.165, 1.54) is 50.6 Å². The molecule has 0 radical (unpaired) electrons. The number of nitrogens with zero attached hydrogens (tertiary/aromatic N) is 2. The van der Waals surface area contributed by atoms with E-state index < -0.39 is 0 Å². The molecule has 3 rings (SSSR count). The molecule has 1 aliphatic rings. The second-order valence-corrected chi connectivity index (χ2v) is 8.15. The summed E-state index contributed by atoms with van der Waals surface area (Å²) in [6.07, 6.45) is 15.2. The summed E-state index contributed by atoms with van der Waals surface area (Å²) >= 11 is 5.53. The molecule has 0 saturated heterocycles. The van der Waals surface area contributed by atoms with Gasteiger partial charge in [0.1, 0.15) is 0 Å². The molecule has 0 N–H and O–H groups in total. The zero-order valence-corrected chi connectivity index (χ0v) is 15.3. The van der Waals surface area contributed by atoms with Gasteiger partial charge in [-0.15, -0.1) is 11.3 Å². The lowest BCUT2D eigenvalue weighted by Gasteiger charge is -2.39. The zero-order valence-electron chi connectivity index (χ0n) is 12.9. The first kappa shape index (κ1) is 15.5. The van der Waals surface area contributed by atoms with E-state index in [2.05, 4.69) is 45.0 Å². The van der Waals surface area contributed by atoms with E-state index in [1.54, 1.807) is 11.3 Å². The summed E-state index contributed by atoms with van der Waals surface area (Å²) in [4.78, 5) is 5.92. The number of unbranched alkanes of at least 4 members (excludes halogenated alkanes) is 1. The highest BCUT2D eigenvalue weighted by Gasteiger charge is 2.35. The number of halogens is 1. The molecule has 0 aliphatic heterocycles. The van der Waals surface area contributed by atoms with E-state index in [1.807, 2.05) is 0 Å². The number of fused-ring (bicyclic) bond motifs is 1. The summed E-state index contributed by atoms with van der Waals surface area (Å²) in [5, 5.41) is 3.22. The third-order valence-corrected chi connectivity index (χ3v) is 7.07. The van der Waals surface area contributed by atoms with E-state index in [4.69, 9.17) is 4.98 Å². The maximum atomic E-state index is 4.79. The third-order valence-electron chi connectivity index (χ3n) is 5.11. The fourth-order valence-electron chi connectivity index (χ4n) is 3.67. The lowest BCUT2D eigenvalue weighted by atomic mass is 9.68. The average molecular weight is 369 g/mol. The van der Waals surface area contributed by atoms with Crippen molar-refractivity contribution in [1.29, 1.82) is 0 Å². The van der Waals surface area contributed by atoms with E-state index in [-0.39, 0.29) is 0 Å². The molecule has 0 spiro atoms.